The summed E-state index contributed by atoms with van der Waals surface area (Å²) in [5, 5.41) is 2.93. The third kappa shape index (κ3) is 5.30. The second kappa shape index (κ2) is 9.66. The van der Waals surface area contributed by atoms with E-state index >= 15 is 0 Å². The van der Waals surface area contributed by atoms with E-state index in [1.54, 1.807) is 18.3 Å². The first kappa shape index (κ1) is 20.3. The molecular weight excluding hydrogens is 378 g/mol. The Balaban J connectivity index is 1.38. The minimum absolute atomic E-state index is 0.0156. The fourth-order valence-electron chi connectivity index (χ4n) is 3.14. The first-order chi connectivity index (χ1) is 13.6. The third-order valence-electron chi connectivity index (χ3n) is 4.73. The van der Waals surface area contributed by atoms with E-state index in [1.807, 2.05) is 30.3 Å². The van der Waals surface area contributed by atoms with Gasteiger partial charge in [0.05, 0.1) is 6.61 Å². The van der Waals surface area contributed by atoms with Crippen LogP contribution in [0, 0.1) is 5.92 Å². The summed E-state index contributed by atoms with van der Waals surface area (Å²) in [6.07, 6.45) is 4.65. The largest absolute Gasteiger partial charge is 0.494 e. The van der Waals surface area contributed by atoms with Crippen LogP contribution in [0.4, 0.5) is 0 Å². The second-order valence-electron chi connectivity index (χ2n) is 6.67. The Hall–Kier alpha value is -2.45. The van der Waals surface area contributed by atoms with Crippen LogP contribution in [0.15, 0.2) is 59.8 Å². The van der Waals surface area contributed by atoms with Crippen LogP contribution in [-0.4, -0.2) is 49.9 Å². The fraction of sp³-hybridized carbons (Fsp3) is 0.400. The molecule has 0 atom stereocenters. The molecular formula is C20H25N3O4S. The van der Waals surface area contributed by atoms with Crippen LogP contribution < -0.4 is 10.1 Å². The summed E-state index contributed by atoms with van der Waals surface area (Å²) < 4.78 is 32.2. The van der Waals surface area contributed by atoms with E-state index < -0.39 is 10.0 Å². The smallest absolute Gasteiger partial charge is 0.244 e. The number of nitrogens with one attached hydrogen (secondary N) is 1. The van der Waals surface area contributed by atoms with Gasteiger partial charge >= 0.3 is 0 Å². The highest BCUT2D eigenvalue weighted by atomic mass is 32.2. The lowest BCUT2D eigenvalue weighted by Gasteiger charge is -2.30. The van der Waals surface area contributed by atoms with Gasteiger partial charge in [-0.3, -0.25) is 9.78 Å². The van der Waals surface area contributed by atoms with Crippen molar-refractivity contribution in [1.82, 2.24) is 14.6 Å². The highest BCUT2D eigenvalue weighted by Gasteiger charge is 2.32. The summed E-state index contributed by atoms with van der Waals surface area (Å²) >= 11 is 0. The average Bonchev–Trinajstić information content (AvgIpc) is 2.75. The summed E-state index contributed by atoms with van der Waals surface area (Å²) in [7, 11) is -3.54. The van der Waals surface area contributed by atoms with Crippen LogP contribution in [0.3, 0.4) is 0 Å². The van der Waals surface area contributed by atoms with Crippen molar-refractivity contribution in [2.75, 3.05) is 26.2 Å². The van der Waals surface area contributed by atoms with Crippen molar-refractivity contribution in [2.24, 2.45) is 5.92 Å². The highest BCUT2D eigenvalue weighted by molar-refractivity contribution is 7.89. The number of hydrogen-bond acceptors (Lipinski definition) is 5. The summed E-state index contributed by atoms with van der Waals surface area (Å²) in [4.78, 5) is 16.4. The predicted molar refractivity (Wildman–Crippen MR) is 105 cm³/mol. The fourth-order valence-corrected chi connectivity index (χ4v) is 4.58. The SMILES string of the molecule is O=C(NCCCOc1ccccc1)C1CCN(S(=O)(=O)c2cccnc2)CC1. The number of aromatic nitrogens is 1. The molecule has 1 N–H and O–H groups in total. The van der Waals surface area contributed by atoms with Gasteiger partial charge in [-0.05, 0) is 43.5 Å². The molecule has 2 aromatic rings. The van der Waals surface area contributed by atoms with Crippen LogP contribution in [0.1, 0.15) is 19.3 Å². The Labute approximate surface area is 165 Å². The van der Waals surface area contributed by atoms with Crippen molar-refractivity contribution in [2.45, 2.75) is 24.2 Å². The Morgan fingerprint density at radius 1 is 1.14 bits per heavy atom. The molecule has 7 nitrogen and oxygen atoms in total. The van der Waals surface area contributed by atoms with Crippen LogP contribution in [-0.2, 0) is 14.8 Å². The maximum Gasteiger partial charge on any atom is 0.244 e. The summed E-state index contributed by atoms with van der Waals surface area (Å²) in [5.74, 6) is 0.643. The van der Waals surface area contributed by atoms with Gasteiger partial charge in [-0.1, -0.05) is 18.2 Å². The number of carbonyl (C=O) groups excluding carboxylic acids is 1. The van der Waals surface area contributed by atoms with Crippen molar-refractivity contribution in [3.8, 4) is 5.75 Å². The molecule has 3 rings (SSSR count). The third-order valence-corrected chi connectivity index (χ3v) is 6.61. The van der Waals surface area contributed by atoms with Gasteiger partial charge in [0, 0.05) is 37.9 Å². The molecule has 1 amide bonds. The van der Waals surface area contributed by atoms with Gasteiger partial charge < -0.3 is 10.1 Å². The van der Waals surface area contributed by atoms with Crippen molar-refractivity contribution < 1.29 is 17.9 Å². The lowest BCUT2D eigenvalue weighted by molar-refractivity contribution is -0.126. The van der Waals surface area contributed by atoms with Gasteiger partial charge in [0.25, 0.3) is 0 Å². The van der Waals surface area contributed by atoms with Gasteiger partial charge in [0.2, 0.25) is 15.9 Å². The maximum atomic E-state index is 12.6. The number of carbonyl (C=O) groups is 1. The van der Waals surface area contributed by atoms with Gasteiger partial charge in [0.1, 0.15) is 10.6 Å². The molecule has 150 valence electrons. The van der Waals surface area contributed by atoms with Gasteiger partial charge in [0.15, 0.2) is 0 Å². The number of pyridine rings is 1. The first-order valence-corrected chi connectivity index (χ1v) is 10.9. The molecule has 0 unspecified atom stereocenters. The molecule has 0 saturated carbocycles. The van der Waals surface area contributed by atoms with Gasteiger partial charge in [-0.15, -0.1) is 0 Å². The van der Waals surface area contributed by atoms with Crippen molar-refractivity contribution in [3.05, 3.63) is 54.9 Å². The molecule has 0 aliphatic carbocycles. The molecule has 0 spiro atoms. The van der Waals surface area contributed by atoms with Crippen LogP contribution >= 0.6 is 0 Å². The summed E-state index contributed by atoms with van der Waals surface area (Å²) in [6, 6.07) is 12.7. The first-order valence-electron chi connectivity index (χ1n) is 9.43. The molecule has 1 aliphatic rings. The molecule has 2 heterocycles. The molecule has 0 bridgehead atoms. The summed E-state index contributed by atoms with van der Waals surface area (Å²) in [5.41, 5.74) is 0. The van der Waals surface area contributed by atoms with Gasteiger partial charge in [-0.2, -0.15) is 4.31 Å². The van der Waals surface area contributed by atoms with E-state index in [-0.39, 0.29) is 16.7 Å². The topological polar surface area (TPSA) is 88.6 Å². The van der Waals surface area contributed by atoms with E-state index in [4.69, 9.17) is 4.74 Å². The normalized spacial score (nSPS) is 15.9. The van der Waals surface area contributed by atoms with E-state index in [0.29, 0.717) is 39.1 Å². The van der Waals surface area contributed by atoms with E-state index in [1.165, 1.54) is 10.5 Å². The lowest BCUT2D eigenvalue weighted by atomic mass is 9.97. The highest BCUT2D eigenvalue weighted by Crippen LogP contribution is 2.23. The molecule has 28 heavy (non-hydrogen) atoms. The number of ether oxygens (including phenoxy) is 1. The summed E-state index contributed by atoms with van der Waals surface area (Å²) in [6.45, 7) is 1.75. The number of piperidine rings is 1. The Bertz CT molecular complexity index is 852. The average molecular weight is 404 g/mol. The Kier molecular flexibility index (Phi) is 7.00. The number of amides is 1. The molecule has 8 heteroatoms. The minimum Gasteiger partial charge on any atom is -0.494 e. The number of rotatable bonds is 8. The zero-order valence-electron chi connectivity index (χ0n) is 15.7. The Morgan fingerprint density at radius 2 is 1.89 bits per heavy atom. The quantitative estimate of drug-likeness (QED) is 0.682. The van der Waals surface area contributed by atoms with Crippen molar-refractivity contribution >= 4 is 15.9 Å². The Morgan fingerprint density at radius 3 is 2.57 bits per heavy atom. The predicted octanol–water partition coefficient (Wildman–Crippen LogP) is 2.07. The standard InChI is InChI=1S/C20H25N3O4S/c24-20(22-12-5-15-27-18-6-2-1-3-7-18)17-9-13-23(14-10-17)28(25,26)19-8-4-11-21-16-19/h1-4,6-8,11,16-17H,5,9-10,12-15H2,(H,22,24). The van der Waals surface area contributed by atoms with Crippen molar-refractivity contribution in [1.29, 1.82) is 0 Å². The zero-order chi connectivity index (χ0) is 19.8. The minimum atomic E-state index is -3.54. The zero-order valence-corrected chi connectivity index (χ0v) is 16.5. The number of benzene rings is 1. The molecule has 1 fully saturated rings. The van der Waals surface area contributed by atoms with Gasteiger partial charge in [-0.25, -0.2) is 8.42 Å². The number of sulfonamides is 1. The lowest BCUT2D eigenvalue weighted by Crippen LogP contribution is -2.43. The molecule has 1 saturated heterocycles. The molecule has 1 aliphatic heterocycles. The number of para-hydroxylation sites is 1. The van der Waals surface area contributed by atoms with E-state index in [0.717, 1.165) is 12.2 Å². The monoisotopic (exact) mass is 403 g/mol. The van der Waals surface area contributed by atoms with Crippen LogP contribution in [0.2, 0.25) is 0 Å². The molecule has 0 radical (unpaired) electrons. The second-order valence-corrected chi connectivity index (χ2v) is 8.61. The molecule has 1 aromatic carbocycles. The number of nitrogens with zero attached hydrogens (tertiary/aromatic N) is 2. The van der Waals surface area contributed by atoms with E-state index in [2.05, 4.69) is 10.3 Å². The number of hydrogen-bond donors (Lipinski definition) is 1. The van der Waals surface area contributed by atoms with Crippen LogP contribution in [0.5, 0.6) is 5.75 Å². The van der Waals surface area contributed by atoms with E-state index in [9.17, 15) is 13.2 Å². The maximum absolute atomic E-state index is 12.6. The van der Waals surface area contributed by atoms with Crippen LogP contribution in [0.25, 0.3) is 0 Å². The van der Waals surface area contributed by atoms with Crippen molar-refractivity contribution in [3.63, 3.8) is 0 Å². The molecule has 1 aromatic heterocycles.